The van der Waals surface area contributed by atoms with Gasteiger partial charge >= 0.3 is 0 Å². The Balaban J connectivity index is 1.16. The molecule has 1 saturated carbocycles. The van der Waals surface area contributed by atoms with E-state index in [-0.39, 0.29) is 5.56 Å². The van der Waals surface area contributed by atoms with E-state index in [2.05, 4.69) is 25.6 Å². The standard InChI is InChI=1S/C23H26N6O3/c1-31-20-3-2-8-29(22(20)30)19-6-7-21(24-12-19)27-17-4-5-18(9-17)28-23-25-10-15(11-26-23)16-13-32-14-16/h2-3,6-8,10-12,16-18H,4-5,9,13-14H2,1H3,(H,24,27)(H,25,26,28)/t17-,18-/m0/s1. The van der Waals surface area contributed by atoms with Crippen LogP contribution < -0.4 is 20.9 Å². The SMILES string of the molecule is COc1cccn(-c2ccc(N[C@H]3CC[C@H](Nc4ncc(C5COC5)cn4)C3)nc2)c1=O. The largest absolute Gasteiger partial charge is 0.491 e. The van der Waals surface area contributed by atoms with Crippen molar-refractivity contribution in [3.05, 3.63) is 65.0 Å². The maximum absolute atomic E-state index is 12.4. The van der Waals surface area contributed by atoms with Crippen molar-refractivity contribution in [2.45, 2.75) is 37.3 Å². The molecule has 5 rings (SSSR count). The molecule has 2 N–H and O–H groups in total. The molecule has 1 aliphatic heterocycles. The van der Waals surface area contributed by atoms with Crippen LogP contribution >= 0.6 is 0 Å². The van der Waals surface area contributed by atoms with Gasteiger partial charge in [0, 0.05) is 36.6 Å². The second-order valence-corrected chi connectivity index (χ2v) is 8.22. The number of pyridine rings is 2. The summed E-state index contributed by atoms with van der Waals surface area (Å²) in [7, 11) is 1.49. The number of hydrogen-bond donors (Lipinski definition) is 2. The molecule has 2 atom stereocenters. The molecule has 0 spiro atoms. The van der Waals surface area contributed by atoms with Crippen LogP contribution in [0, 0.1) is 0 Å². The van der Waals surface area contributed by atoms with Gasteiger partial charge in [-0.3, -0.25) is 9.36 Å². The van der Waals surface area contributed by atoms with Crippen LogP contribution in [0.4, 0.5) is 11.8 Å². The molecule has 0 amide bonds. The number of aromatic nitrogens is 4. The Kier molecular flexibility index (Phi) is 5.72. The summed E-state index contributed by atoms with van der Waals surface area (Å²) in [6.07, 6.45) is 10.2. The Bertz CT molecular complexity index is 1110. The monoisotopic (exact) mass is 434 g/mol. The van der Waals surface area contributed by atoms with Crippen LogP contribution in [0.15, 0.2) is 53.8 Å². The summed E-state index contributed by atoms with van der Waals surface area (Å²) < 4.78 is 11.9. The first kappa shape index (κ1) is 20.4. The third kappa shape index (κ3) is 4.29. The molecule has 1 aliphatic carbocycles. The maximum atomic E-state index is 12.4. The van der Waals surface area contributed by atoms with Crippen molar-refractivity contribution in [2.75, 3.05) is 31.0 Å². The minimum atomic E-state index is -0.210. The van der Waals surface area contributed by atoms with E-state index >= 15 is 0 Å². The second kappa shape index (κ2) is 8.96. The average Bonchev–Trinajstić information content (AvgIpc) is 3.21. The van der Waals surface area contributed by atoms with Crippen molar-refractivity contribution in [1.82, 2.24) is 19.5 Å². The molecule has 2 aliphatic rings. The minimum absolute atomic E-state index is 0.210. The van der Waals surface area contributed by atoms with E-state index in [0.29, 0.717) is 35.4 Å². The van der Waals surface area contributed by atoms with Crippen molar-refractivity contribution in [3.8, 4) is 11.4 Å². The fourth-order valence-electron chi connectivity index (χ4n) is 4.13. The molecule has 0 radical (unpaired) electrons. The summed E-state index contributed by atoms with van der Waals surface area (Å²) in [5.74, 6) is 2.20. The number of nitrogens with one attached hydrogen (secondary N) is 2. The van der Waals surface area contributed by atoms with Crippen LogP contribution in [-0.4, -0.2) is 51.9 Å². The lowest BCUT2D eigenvalue weighted by molar-refractivity contribution is 0.00816. The van der Waals surface area contributed by atoms with Crippen LogP contribution in [0.25, 0.3) is 5.69 Å². The molecule has 1 saturated heterocycles. The molecular formula is C23H26N6O3. The van der Waals surface area contributed by atoms with E-state index in [4.69, 9.17) is 9.47 Å². The number of hydrogen-bond acceptors (Lipinski definition) is 8. The van der Waals surface area contributed by atoms with Gasteiger partial charge in [0.25, 0.3) is 5.56 Å². The van der Waals surface area contributed by atoms with Gasteiger partial charge in [0.2, 0.25) is 5.95 Å². The molecule has 0 bridgehead atoms. The van der Waals surface area contributed by atoms with Gasteiger partial charge in [-0.15, -0.1) is 0 Å². The molecule has 0 unspecified atom stereocenters. The summed E-state index contributed by atoms with van der Waals surface area (Å²) in [5, 5.41) is 6.94. The first-order chi connectivity index (χ1) is 15.7. The summed E-state index contributed by atoms with van der Waals surface area (Å²) in [6.45, 7) is 1.52. The van der Waals surface area contributed by atoms with E-state index in [1.807, 2.05) is 24.5 Å². The van der Waals surface area contributed by atoms with Crippen molar-refractivity contribution in [3.63, 3.8) is 0 Å². The Morgan fingerprint density at radius 2 is 1.81 bits per heavy atom. The third-order valence-corrected chi connectivity index (χ3v) is 6.06. The summed E-state index contributed by atoms with van der Waals surface area (Å²) in [5.41, 5.74) is 1.62. The average molecular weight is 435 g/mol. The molecule has 4 heterocycles. The second-order valence-electron chi connectivity index (χ2n) is 8.22. The zero-order valence-corrected chi connectivity index (χ0v) is 17.9. The predicted molar refractivity (Wildman–Crippen MR) is 121 cm³/mol. The smallest absolute Gasteiger partial charge is 0.297 e. The van der Waals surface area contributed by atoms with Crippen molar-refractivity contribution < 1.29 is 9.47 Å². The number of methoxy groups -OCH3 is 1. The van der Waals surface area contributed by atoms with Gasteiger partial charge in [0.15, 0.2) is 5.75 Å². The molecule has 166 valence electrons. The minimum Gasteiger partial charge on any atom is -0.491 e. The van der Waals surface area contributed by atoms with Gasteiger partial charge < -0.3 is 20.1 Å². The first-order valence-corrected chi connectivity index (χ1v) is 10.8. The number of rotatable bonds is 7. The predicted octanol–water partition coefficient (Wildman–Crippen LogP) is 2.59. The topological polar surface area (TPSA) is 103 Å². The lowest BCUT2D eigenvalue weighted by Crippen LogP contribution is -2.26. The summed E-state index contributed by atoms with van der Waals surface area (Å²) in [6, 6.07) is 7.83. The molecule has 3 aromatic rings. The van der Waals surface area contributed by atoms with E-state index in [9.17, 15) is 4.79 Å². The lowest BCUT2D eigenvalue weighted by Gasteiger charge is -2.25. The molecule has 2 fully saturated rings. The summed E-state index contributed by atoms with van der Waals surface area (Å²) >= 11 is 0. The fraction of sp³-hybridized carbons (Fsp3) is 0.391. The number of ether oxygens (including phenoxy) is 2. The molecule has 0 aromatic carbocycles. The highest BCUT2D eigenvalue weighted by atomic mass is 16.5. The van der Waals surface area contributed by atoms with Gasteiger partial charge in [0.1, 0.15) is 5.82 Å². The van der Waals surface area contributed by atoms with Crippen LogP contribution in [-0.2, 0) is 4.74 Å². The van der Waals surface area contributed by atoms with Crippen LogP contribution in [0.5, 0.6) is 5.75 Å². The third-order valence-electron chi connectivity index (χ3n) is 6.06. The Labute approximate surface area is 185 Å². The summed E-state index contributed by atoms with van der Waals surface area (Å²) in [4.78, 5) is 25.8. The molecule has 9 heteroatoms. The van der Waals surface area contributed by atoms with E-state index in [1.54, 1.807) is 24.5 Å². The van der Waals surface area contributed by atoms with E-state index in [0.717, 1.165) is 43.9 Å². The molecule has 32 heavy (non-hydrogen) atoms. The van der Waals surface area contributed by atoms with Crippen LogP contribution in [0.1, 0.15) is 30.7 Å². The van der Waals surface area contributed by atoms with Gasteiger partial charge in [-0.05, 0) is 49.1 Å². The number of nitrogens with zero attached hydrogens (tertiary/aromatic N) is 4. The Morgan fingerprint density at radius 3 is 2.47 bits per heavy atom. The molecule has 3 aromatic heterocycles. The molecule has 9 nitrogen and oxygen atoms in total. The highest BCUT2D eigenvalue weighted by Gasteiger charge is 2.26. The van der Waals surface area contributed by atoms with Gasteiger partial charge in [0.05, 0.1) is 32.2 Å². The van der Waals surface area contributed by atoms with Crippen molar-refractivity contribution >= 4 is 11.8 Å². The van der Waals surface area contributed by atoms with Gasteiger partial charge in [-0.25, -0.2) is 15.0 Å². The lowest BCUT2D eigenvalue weighted by atomic mass is 10.0. The maximum Gasteiger partial charge on any atom is 0.297 e. The fourth-order valence-corrected chi connectivity index (χ4v) is 4.13. The van der Waals surface area contributed by atoms with Crippen molar-refractivity contribution in [1.29, 1.82) is 0 Å². The number of anilines is 2. The first-order valence-electron chi connectivity index (χ1n) is 10.8. The van der Waals surface area contributed by atoms with E-state index < -0.39 is 0 Å². The molecular weight excluding hydrogens is 408 g/mol. The van der Waals surface area contributed by atoms with Crippen LogP contribution in [0.3, 0.4) is 0 Å². The highest BCUT2D eigenvalue weighted by Crippen LogP contribution is 2.26. The van der Waals surface area contributed by atoms with Crippen molar-refractivity contribution in [2.24, 2.45) is 0 Å². The zero-order chi connectivity index (χ0) is 21.9. The van der Waals surface area contributed by atoms with Gasteiger partial charge in [-0.1, -0.05) is 0 Å². The Morgan fingerprint density at radius 1 is 1.03 bits per heavy atom. The Hall–Kier alpha value is -3.46. The van der Waals surface area contributed by atoms with E-state index in [1.165, 1.54) is 11.7 Å². The quantitative estimate of drug-likeness (QED) is 0.585. The normalized spacial score (nSPS) is 20.5. The van der Waals surface area contributed by atoms with Gasteiger partial charge in [-0.2, -0.15) is 0 Å². The van der Waals surface area contributed by atoms with Crippen LogP contribution in [0.2, 0.25) is 0 Å². The highest BCUT2D eigenvalue weighted by molar-refractivity contribution is 5.42. The zero-order valence-electron chi connectivity index (χ0n) is 17.9.